The minimum atomic E-state index is -0.849. The summed E-state index contributed by atoms with van der Waals surface area (Å²) in [6.45, 7) is 2.64. The highest BCUT2D eigenvalue weighted by molar-refractivity contribution is 6.03. The lowest BCUT2D eigenvalue weighted by Gasteiger charge is -2.33. The van der Waals surface area contributed by atoms with E-state index in [-0.39, 0.29) is 11.4 Å². The third-order valence-corrected chi connectivity index (χ3v) is 3.99. The number of aromatic nitrogens is 1. The van der Waals surface area contributed by atoms with Gasteiger partial charge < -0.3 is 15.1 Å². The minimum Gasteiger partial charge on any atom is -0.367 e. The molecule has 0 saturated carbocycles. The quantitative estimate of drug-likeness (QED) is 0.859. The molecule has 130 valence electrons. The van der Waals surface area contributed by atoms with Gasteiger partial charge in [0.25, 0.3) is 5.91 Å². The van der Waals surface area contributed by atoms with Crippen LogP contribution in [0.3, 0.4) is 0 Å². The first-order chi connectivity index (χ1) is 12.1. The maximum atomic E-state index is 13.6. The molecule has 0 radical (unpaired) electrons. The summed E-state index contributed by atoms with van der Waals surface area (Å²) in [6.07, 6.45) is 2.39. The first-order valence-corrected chi connectivity index (χ1v) is 7.73. The van der Waals surface area contributed by atoms with Crippen LogP contribution < -0.4 is 10.2 Å². The molecule has 2 aromatic rings. The van der Waals surface area contributed by atoms with Crippen LogP contribution in [0.2, 0.25) is 0 Å². The van der Waals surface area contributed by atoms with Crippen LogP contribution in [0, 0.1) is 11.6 Å². The fraction of sp³-hybridized carbons (Fsp3) is 0.235. The first kappa shape index (κ1) is 16.8. The van der Waals surface area contributed by atoms with Gasteiger partial charge in [0.2, 0.25) is 6.41 Å². The molecule has 0 atom stereocenters. The van der Waals surface area contributed by atoms with Gasteiger partial charge >= 0.3 is 0 Å². The number of benzene rings is 1. The largest absolute Gasteiger partial charge is 0.367 e. The van der Waals surface area contributed by atoms with Gasteiger partial charge in [0, 0.05) is 32.2 Å². The van der Waals surface area contributed by atoms with E-state index in [1.165, 1.54) is 6.07 Å². The van der Waals surface area contributed by atoms with Crippen LogP contribution in [0.4, 0.5) is 20.2 Å². The molecule has 2 heterocycles. The van der Waals surface area contributed by atoms with Crippen molar-refractivity contribution in [1.29, 1.82) is 0 Å². The van der Waals surface area contributed by atoms with Gasteiger partial charge in [-0.15, -0.1) is 0 Å². The number of amides is 2. The van der Waals surface area contributed by atoms with Gasteiger partial charge in [-0.05, 0) is 24.3 Å². The number of anilines is 2. The third kappa shape index (κ3) is 3.90. The second-order valence-corrected chi connectivity index (χ2v) is 5.61. The zero-order valence-electron chi connectivity index (χ0n) is 13.3. The first-order valence-electron chi connectivity index (χ1n) is 7.73. The van der Waals surface area contributed by atoms with Gasteiger partial charge in [0.1, 0.15) is 17.3 Å². The van der Waals surface area contributed by atoms with Gasteiger partial charge in [-0.2, -0.15) is 0 Å². The number of nitrogens with zero attached hydrogens (tertiary/aromatic N) is 3. The molecule has 8 heteroatoms. The van der Waals surface area contributed by atoms with Crippen LogP contribution in [0.1, 0.15) is 10.5 Å². The van der Waals surface area contributed by atoms with E-state index in [9.17, 15) is 18.4 Å². The predicted octanol–water partition coefficient (Wildman–Crippen LogP) is 1.89. The number of carbonyl (C=O) groups is 2. The Labute approximate surface area is 143 Å². The fourth-order valence-corrected chi connectivity index (χ4v) is 2.57. The van der Waals surface area contributed by atoms with E-state index in [4.69, 9.17) is 0 Å². The molecule has 2 amide bonds. The SMILES string of the molecule is O=CN1CCN(c2ccc(C(=O)Nc3ccc(F)cc3F)nc2)CC1. The van der Waals surface area contributed by atoms with Crippen LogP contribution in [0.25, 0.3) is 0 Å². The van der Waals surface area contributed by atoms with Crippen molar-refractivity contribution in [3.8, 4) is 0 Å². The average Bonchev–Trinajstić information content (AvgIpc) is 2.64. The highest BCUT2D eigenvalue weighted by Crippen LogP contribution is 2.18. The second-order valence-electron chi connectivity index (χ2n) is 5.61. The number of hydrogen-bond donors (Lipinski definition) is 1. The Balaban J connectivity index is 1.65. The molecule has 0 aliphatic carbocycles. The average molecular weight is 346 g/mol. The van der Waals surface area contributed by atoms with E-state index in [2.05, 4.69) is 15.2 Å². The lowest BCUT2D eigenvalue weighted by molar-refractivity contribution is -0.118. The Hall–Kier alpha value is -3.03. The van der Waals surface area contributed by atoms with Gasteiger partial charge in [0.05, 0.1) is 17.6 Å². The molecular formula is C17H16F2N4O2. The van der Waals surface area contributed by atoms with Crippen molar-refractivity contribution in [3.63, 3.8) is 0 Å². The summed E-state index contributed by atoms with van der Waals surface area (Å²) in [7, 11) is 0. The number of pyridine rings is 1. The molecule has 1 aliphatic heterocycles. The number of rotatable bonds is 4. The van der Waals surface area contributed by atoms with Crippen molar-refractivity contribution in [3.05, 3.63) is 53.9 Å². The Bertz CT molecular complexity index is 775. The summed E-state index contributed by atoms with van der Waals surface area (Å²) in [5.41, 5.74) is 0.858. The molecule has 3 rings (SSSR count). The lowest BCUT2D eigenvalue weighted by Crippen LogP contribution is -2.45. The van der Waals surface area contributed by atoms with E-state index in [0.29, 0.717) is 32.2 Å². The Morgan fingerprint density at radius 1 is 1.12 bits per heavy atom. The standard InChI is InChI=1S/C17H16F2N4O2/c18-12-1-3-15(14(19)9-12)21-17(25)16-4-2-13(10-20-16)23-7-5-22(11-24)6-8-23/h1-4,9-11H,5-8H2,(H,21,25). The zero-order valence-corrected chi connectivity index (χ0v) is 13.3. The normalized spacial score (nSPS) is 14.3. The molecular weight excluding hydrogens is 330 g/mol. The Kier molecular flexibility index (Phi) is 4.87. The third-order valence-electron chi connectivity index (χ3n) is 3.99. The molecule has 1 N–H and O–H groups in total. The molecule has 1 aromatic carbocycles. The van der Waals surface area contributed by atoms with Gasteiger partial charge in [-0.25, -0.2) is 13.8 Å². The molecule has 25 heavy (non-hydrogen) atoms. The smallest absolute Gasteiger partial charge is 0.274 e. The van der Waals surface area contributed by atoms with Crippen molar-refractivity contribution in [2.24, 2.45) is 0 Å². The van der Waals surface area contributed by atoms with E-state index < -0.39 is 17.5 Å². The molecule has 0 bridgehead atoms. The molecule has 1 aliphatic rings. The Morgan fingerprint density at radius 2 is 1.88 bits per heavy atom. The summed E-state index contributed by atoms with van der Waals surface area (Å²) in [4.78, 5) is 30.7. The van der Waals surface area contributed by atoms with Gasteiger partial charge in [0.15, 0.2) is 0 Å². The predicted molar refractivity (Wildman–Crippen MR) is 88.4 cm³/mol. The van der Waals surface area contributed by atoms with E-state index in [1.807, 2.05) is 0 Å². The van der Waals surface area contributed by atoms with Crippen LogP contribution >= 0.6 is 0 Å². The van der Waals surface area contributed by atoms with Crippen LogP contribution in [0.15, 0.2) is 36.5 Å². The topological polar surface area (TPSA) is 65.5 Å². The van der Waals surface area contributed by atoms with Crippen molar-refractivity contribution >= 4 is 23.7 Å². The van der Waals surface area contributed by atoms with E-state index in [1.54, 1.807) is 17.2 Å². The van der Waals surface area contributed by atoms with Crippen molar-refractivity contribution in [2.45, 2.75) is 0 Å². The van der Waals surface area contributed by atoms with Crippen LogP contribution in [0.5, 0.6) is 0 Å². The monoisotopic (exact) mass is 346 g/mol. The number of piperazine rings is 1. The highest BCUT2D eigenvalue weighted by atomic mass is 19.1. The van der Waals surface area contributed by atoms with Crippen molar-refractivity contribution in [2.75, 3.05) is 36.4 Å². The number of nitrogens with one attached hydrogen (secondary N) is 1. The Morgan fingerprint density at radius 3 is 2.48 bits per heavy atom. The van der Waals surface area contributed by atoms with E-state index >= 15 is 0 Å². The maximum absolute atomic E-state index is 13.6. The molecule has 1 saturated heterocycles. The summed E-state index contributed by atoms with van der Waals surface area (Å²) in [5, 5.41) is 2.36. The highest BCUT2D eigenvalue weighted by Gasteiger charge is 2.17. The van der Waals surface area contributed by atoms with Gasteiger partial charge in [-0.3, -0.25) is 9.59 Å². The molecule has 1 fully saturated rings. The fourth-order valence-electron chi connectivity index (χ4n) is 2.57. The molecule has 1 aromatic heterocycles. The van der Waals surface area contributed by atoms with Crippen LogP contribution in [-0.2, 0) is 4.79 Å². The van der Waals surface area contributed by atoms with Crippen molar-refractivity contribution in [1.82, 2.24) is 9.88 Å². The van der Waals surface area contributed by atoms with Crippen molar-refractivity contribution < 1.29 is 18.4 Å². The summed E-state index contributed by atoms with van der Waals surface area (Å²) >= 11 is 0. The summed E-state index contributed by atoms with van der Waals surface area (Å²) in [6, 6.07) is 6.21. The molecule has 0 spiro atoms. The van der Waals surface area contributed by atoms with Gasteiger partial charge in [-0.1, -0.05) is 0 Å². The molecule has 6 nitrogen and oxygen atoms in total. The van der Waals surface area contributed by atoms with E-state index in [0.717, 1.165) is 24.2 Å². The number of hydrogen-bond acceptors (Lipinski definition) is 4. The minimum absolute atomic E-state index is 0.109. The number of carbonyl (C=O) groups excluding carboxylic acids is 2. The second kappa shape index (κ2) is 7.25. The summed E-state index contributed by atoms with van der Waals surface area (Å²) < 4.78 is 26.5. The lowest BCUT2D eigenvalue weighted by atomic mass is 10.2. The van der Waals surface area contributed by atoms with Crippen LogP contribution in [-0.4, -0.2) is 48.4 Å². The maximum Gasteiger partial charge on any atom is 0.274 e. The number of halogens is 2. The summed E-state index contributed by atoms with van der Waals surface area (Å²) in [5.74, 6) is -2.14. The molecule has 0 unspecified atom stereocenters. The zero-order chi connectivity index (χ0) is 17.8.